The first-order valence-corrected chi connectivity index (χ1v) is 8.02. The molecule has 0 spiro atoms. The van der Waals surface area contributed by atoms with Crippen LogP contribution in [0.1, 0.15) is 17.4 Å². The van der Waals surface area contributed by atoms with Crippen molar-refractivity contribution in [1.29, 1.82) is 0 Å². The second-order valence-electron chi connectivity index (χ2n) is 4.53. The molecular weight excluding hydrogens is 299 g/mol. The van der Waals surface area contributed by atoms with Crippen LogP contribution in [0.3, 0.4) is 0 Å². The molecule has 0 aliphatic carbocycles. The molecule has 9 heteroatoms. The molecule has 0 saturated carbocycles. The summed E-state index contributed by atoms with van der Waals surface area (Å²) in [6, 6.07) is 5.42. The Morgan fingerprint density at radius 1 is 1.38 bits per heavy atom. The number of hydrogen-bond acceptors (Lipinski definition) is 5. The largest absolute Gasteiger partial charge is 0.382 e. The number of aromatic nitrogens is 3. The van der Waals surface area contributed by atoms with Crippen LogP contribution in [0.5, 0.6) is 0 Å². The van der Waals surface area contributed by atoms with Crippen LogP contribution < -0.4 is 4.72 Å². The van der Waals surface area contributed by atoms with Gasteiger partial charge in [0.15, 0.2) is 0 Å². The van der Waals surface area contributed by atoms with E-state index in [9.17, 15) is 17.9 Å². The number of aliphatic hydroxyl groups is 1. The van der Waals surface area contributed by atoms with Crippen LogP contribution >= 0.6 is 0 Å². The highest BCUT2D eigenvalue weighted by Gasteiger charge is 2.14. The summed E-state index contributed by atoms with van der Waals surface area (Å²) in [5.41, 5.74) is 0.804. The van der Waals surface area contributed by atoms with E-state index in [-0.39, 0.29) is 18.9 Å². The Balaban J connectivity index is 2.00. The van der Waals surface area contributed by atoms with Gasteiger partial charge in [0.2, 0.25) is 10.0 Å². The maximum Gasteiger partial charge on any atom is 0.208 e. The number of nitrogens with zero attached hydrogens (tertiary/aromatic N) is 3. The normalized spacial score (nSPS) is 13.3. The van der Waals surface area contributed by atoms with Gasteiger partial charge in [0.25, 0.3) is 0 Å². The summed E-state index contributed by atoms with van der Waals surface area (Å²) >= 11 is 0. The van der Waals surface area contributed by atoms with Crippen LogP contribution in [0, 0.1) is 5.82 Å². The molecule has 0 aliphatic rings. The van der Waals surface area contributed by atoms with Gasteiger partial charge in [-0.3, -0.25) is 4.68 Å². The molecule has 0 bridgehead atoms. The molecule has 7 nitrogen and oxygen atoms in total. The van der Waals surface area contributed by atoms with E-state index < -0.39 is 16.1 Å². The summed E-state index contributed by atoms with van der Waals surface area (Å²) in [6.07, 6.45) is 1.57. The molecule has 0 radical (unpaired) electrons. The van der Waals surface area contributed by atoms with Crippen molar-refractivity contribution in [2.24, 2.45) is 0 Å². The summed E-state index contributed by atoms with van der Waals surface area (Å²) in [6.45, 7) is 0.463. The van der Waals surface area contributed by atoms with E-state index >= 15 is 0 Å². The van der Waals surface area contributed by atoms with E-state index in [1.165, 1.54) is 35.1 Å². The number of sulfonamides is 1. The predicted molar refractivity (Wildman–Crippen MR) is 73.3 cm³/mol. The topological polar surface area (TPSA) is 97.1 Å². The SMILES string of the molecule is CS(=O)(=O)NCCn1cc(C(O)c2ccc(F)cc2)nn1. The molecular formula is C12H15FN4O3S. The smallest absolute Gasteiger partial charge is 0.208 e. The number of hydrogen-bond donors (Lipinski definition) is 2. The summed E-state index contributed by atoms with van der Waals surface area (Å²) in [5.74, 6) is -0.388. The highest BCUT2D eigenvalue weighted by Crippen LogP contribution is 2.19. The highest BCUT2D eigenvalue weighted by molar-refractivity contribution is 7.88. The Bertz CT molecular complexity index is 700. The van der Waals surface area contributed by atoms with Crippen LogP contribution in [-0.4, -0.2) is 41.3 Å². The first-order valence-electron chi connectivity index (χ1n) is 6.13. The van der Waals surface area contributed by atoms with Crippen molar-refractivity contribution in [3.63, 3.8) is 0 Å². The van der Waals surface area contributed by atoms with Crippen LogP contribution in [0.2, 0.25) is 0 Å². The monoisotopic (exact) mass is 314 g/mol. The van der Waals surface area contributed by atoms with Crippen LogP contribution in [0.25, 0.3) is 0 Å². The molecule has 0 aliphatic heterocycles. The van der Waals surface area contributed by atoms with Crippen molar-refractivity contribution in [3.8, 4) is 0 Å². The van der Waals surface area contributed by atoms with E-state index in [1.807, 2.05) is 0 Å². The van der Waals surface area contributed by atoms with Gasteiger partial charge in [0.05, 0.1) is 19.0 Å². The molecule has 1 unspecified atom stereocenters. The van der Waals surface area contributed by atoms with Crippen molar-refractivity contribution in [2.45, 2.75) is 12.6 Å². The first kappa shape index (κ1) is 15.5. The second-order valence-corrected chi connectivity index (χ2v) is 6.36. The predicted octanol–water partition coefficient (Wildman–Crippen LogP) is 0.0481. The van der Waals surface area contributed by atoms with Crippen LogP contribution in [0.4, 0.5) is 4.39 Å². The number of aliphatic hydroxyl groups excluding tert-OH is 1. The van der Waals surface area contributed by atoms with Crippen molar-refractivity contribution in [1.82, 2.24) is 19.7 Å². The summed E-state index contributed by atoms with van der Waals surface area (Å²) in [4.78, 5) is 0. The minimum absolute atomic E-state index is 0.175. The zero-order valence-corrected chi connectivity index (χ0v) is 12.1. The zero-order chi connectivity index (χ0) is 15.5. The summed E-state index contributed by atoms with van der Waals surface area (Å²) in [7, 11) is -3.25. The number of nitrogens with one attached hydrogen (secondary N) is 1. The van der Waals surface area contributed by atoms with Gasteiger partial charge < -0.3 is 5.11 Å². The van der Waals surface area contributed by atoms with Gasteiger partial charge in [-0.15, -0.1) is 5.10 Å². The quantitative estimate of drug-likeness (QED) is 0.785. The molecule has 1 heterocycles. The number of halogens is 1. The molecule has 2 N–H and O–H groups in total. The lowest BCUT2D eigenvalue weighted by Gasteiger charge is -2.06. The number of benzene rings is 1. The van der Waals surface area contributed by atoms with Gasteiger partial charge in [-0.05, 0) is 17.7 Å². The maximum absolute atomic E-state index is 12.8. The van der Waals surface area contributed by atoms with Gasteiger partial charge in [0.1, 0.15) is 17.6 Å². The third-order valence-corrected chi connectivity index (χ3v) is 3.46. The Labute approximate surface area is 121 Å². The summed E-state index contributed by atoms with van der Waals surface area (Å²) in [5, 5.41) is 17.7. The van der Waals surface area contributed by atoms with Gasteiger partial charge in [-0.25, -0.2) is 17.5 Å². The van der Waals surface area contributed by atoms with Gasteiger partial charge >= 0.3 is 0 Å². The van der Waals surface area contributed by atoms with Gasteiger partial charge in [-0.2, -0.15) is 0 Å². The fourth-order valence-electron chi connectivity index (χ4n) is 1.71. The van der Waals surface area contributed by atoms with E-state index in [4.69, 9.17) is 0 Å². The molecule has 114 valence electrons. The fraction of sp³-hybridized carbons (Fsp3) is 0.333. The highest BCUT2D eigenvalue weighted by atomic mass is 32.2. The Morgan fingerprint density at radius 2 is 2.05 bits per heavy atom. The van der Waals surface area contributed by atoms with E-state index in [0.717, 1.165) is 6.26 Å². The Hall–Kier alpha value is -1.84. The maximum atomic E-state index is 12.8. The molecule has 21 heavy (non-hydrogen) atoms. The molecule has 1 atom stereocenters. The fourth-order valence-corrected chi connectivity index (χ4v) is 2.17. The standard InChI is InChI=1S/C12H15FN4O3S/c1-21(19,20)14-6-7-17-8-11(15-16-17)12(18)9-2-4-10(13)5-3-9/h2-5,8,12,14,18H,6-7H2,1H3. The van der Waals surface area contributed by atoms with Crippen LogP contribution in [-0.2, 0) is 16.6 Å². The lowest BCUT2D eigenvalue weighted by atomic mass is 10.1. The van der Waals surface area contributed by atoms with Crippen molar-refractivity contribution in [3.05, 3.63) is 47.5 Å². The third kappa shape index (κ3) is 4.59. The molecule has 2 aromatic rings. The third-order valence-electron chi connectivity index (χ3n) is 2.73. The zero-order valence-electron chi connectivity index (χ0n) is 11.3. The lowest BCUT2D eigenvalue weighted by Crippen LogP contribution is -2.26. The second kappa shape index (κ2) is 6.29. The van der Waals surface area contributed by atoms with Crippen molar-refractivity contribution < 1.29 is 17.9 Å². The minimum atomic E-state index is -3.25. The molecule has 0 fully saturated rings. The van der Waals surface area contributed by atoms with Gasteiger partial charge in [-0.1, -0.05) is 17.3 Å². The average molecular weight is 314 g/mol. The lowest BCUT2D eigenvalue weighted by molar-refractivity contribution is 0.215. The molecule has 1 aromatic heterocycles. The Morgan fingerprint density at radius 3 is 2.67 bits per heavy atom. The molecule has 0 amide bonds. The average Bonchev–Trinajstić information content (AvgIpc) is 2.86. The van der Waals surface area contributed by atoms with Gasteiger partial charge in [0, 0.05) is 6.54 Å². The first-order chi connectivity index (χ1) is 9.85. The van der Waals surface area contributed by atoms with E-state index in [1.54, 1.807) is 0 Å². The molecule has 1 aromatic carbocycles. The van der Waals surface area contributed by atoms with Crippen molar-refractivity contribution in [2.75, 3.05) is 12.8 Å². The summed E-state index contributed by atoms with van der Waals surface area (Å²) < 4.78 is 38.4. The van der Waals surface area contributed by atoms with E-state index in [0.29, 0.717) is 11.3 Å². The Kier molecular flexibility index (Phi) is 4.66. The van der Waals surface area contributed by atoms with Crippen LogP contribution in [0.15, 0.2) is 30.5 Å². The minimum Gasteiger partial charge on any atom is -0.382 e. The number of rotatable bonds is 6. The van der Waals surface area contributed by atoms with E-state index in [2.05, 4.69) is 15.0 Å². The van der Waals surface area contributed by atoms with Crippen molar-refractivity contribution >= 4 is 10.0 Å². The molecule has 0 saturated heterocycles. The molecule has 2 rings (SSSR count).